The third kappa shape index (κ3) is 7.22. The summed E-state index contributed by atoms with van der Waals surface area (Å²) in [5.74, 6) is -3.60. The van der Waals surface area contributed by atoms with Crippen LogP contribution in [0.5, 0.6) is 0 Å². The number of ether oxygens (including phenoxy) is 4. The Morgan fingerprint density at radius 3 is 1.17 bits per heavy atom. The van der Waals surface area contributed by atoms with E-state index >= 15 is 0 Å². The standard InChI is InChI=1S/C42H68N2O8/c1-13-37(9)21-41(27(5)39(11,15-3)43-37)49-23-35(7,24-50-41)19-31-29(33(45)46)17-18-30(34(47)48)32(31)20-36(8)25-51-42(52-26-36)22-38(10,14-2)44-40(12,16-4)28(42)6/h17-18,27-28,43-44H,13-16,19-26H2,1-12H3,(H,45,46)(H,47,48). The first-order chi connectivity index (χ1) is 24.0. The Morgan fingerprint density at radius 2 is 0.923 bits per heavy atom. The van der Waals surface area contributed by atoms with Crippen molar-refractivity contribution in [2.45, 2.75) is 168 Å². The molecule has 0 radical (unpaired) electrons. The van der Waals surface area contributed by atoms with Crippen LogP contribution in [-0.4, -0.2) is 82.3 Å². The SMILES string of the molecule is CCC1(C)CC2(OCC(C)(Cc3c(C(=O)O)ccc(C(=O)O)c3CC3(C)COC4(CC(C)(CC)NC(C)(CC)C4C)OC3)CO2)C(C)C(C)(CC)N1. The van der Waals surface area contributed by atoms with Crippen LogP contribution in [0.1, 0.15) is 153 Å². The summed E-state index contributed by atoms with van der Waals surface area (Å²) < 4.78 is 27.4. The van der Waals surface area contributed by atoms with Crippen molar-refractivity contribution in [3.8, 4) is 0 Å². The summed E-state index contributed by atoms with van der Waals surface area (Å²) >= 11 is 0. The quantitative estimate of drug-likeness (QED) is 0.191. The summed E-state index contributed by atoms with van der Waals surface area (Å²) in [7, 11) is 0. The van der Waals surface area contributed by atoms with Crippen molar-refractivity contribution in [1.82, 2.24) is 10.6 Å². The van der Waals surface area contributed by atoms with Crippen molar-refractivity contribution in [3.63, 3.8) is 0 Å². The molecule has 0 saturated carbocycles. The topological polar surface area (TPSA) is 136 Å². The van der Waals surface area contributed by atoms with Crippen LogP contribution in [0.25, 0.3) is 0 Å². The summed E-state index contributed by atoms with van der Waals surface area (Å²) in [6.07, 6.45) is 5.67. The molecule has 4 heterocycles. The largest absolute Gasteiger partial charge is 0.478 e. The van der Waals surface area contributed by atoms with Gasteiger partial charge < -0.3 is 39.8 Å². The Labute approximate surface area is 312 Å². The zero-order valence-electron chi connectivity index (χ0n) is 34.1. The van der Waals surface area contributed by atoms with Crippen molar-refractivity contribution in [3.05, 3.63) is 34.4 Å². The number of hydrogen-bond acceptors (Lipinski definition) is 8. The van der Waals surface area contributed by atoms with Crippen LogP contribution in [0, 0.1) is 22.7 Å². The maximum atomic E-state index is 12.8. The van der Waals surface area contributed by atoms with Gasteiger partial charge in [-0.05, 0) is 89.5 Å². The van der Waals surface area contributed by atoms with E-state index in [0.717, 1.165) is 25.7 Å². The molecule has 10 heteroatoms. The highest BCUT2D eigenvalue weighted by atomic mass is 16.7. The molecule has 5 rings (SSSR count). The smallest absolute Gasteiger partial charge is 0.335 e. The summed E-state index contributed by atoms with van der Waals surface area (Å²) in [5.41, 5.74) is -0.660. The highest BCUT2D eigenvalue weighted by molar-refractivity contribution is 5.95. The molecular formula is C42H68N2O8. The second kappa shape index (κ2) is 13.9. The molecule has 2 spiro atoms. The first-order valence-electron chi connectivity index (χ1n) is 19.8. The lowest BCUT2D eigenvalue weighted by Gasteiger charge is -2.61. The van der Waals surface area contributed by atoms with E-state index in [2.05, 4.69) is 93.7 Å². The van der Waals surface area contributed by atoms with Gasteiger partial charge in [-0.3, -0.25) is 0 Å². The molecule has 4 N–H and O–H groups in total. The fourth-order valence-corrected chi connectivity index (χ4v) is 9.88. The number of benzene rings is 1. The van der Waals surface area contributed by atoms with Gasteiger partial charge in [-0.2, -0.15) is 0 Å². The van der Waals surface area contributed by atoms with Gasteiger partial charge in [0.2, 0.25) is 0 Å². The second-order valence-corrected chi connectivity index (χ2v) is 18.9. The number of aromatic carboxylic acids is 2. The molecule has 0 aliphatic carbocycles. The minimum absolute atomic E-state index is 0.0669. The Bertz CT molecular complexity index is 1400. The predicted molar refractivity (Wildman–Crippen MR) is 202 cm³/mol. The van der Waals surface area contributed by atoms with Crippen molar-refractivity contribution < 1.29 is 38.7 Å². The number of carboxylic acid groups (broad SMARTS) is 2. The number of carbonyl (C=O) groups is 2. The van der Waals surface area contributed by atoms with E-state index in [0.29, 0.717) is 50.4 Å². The first kappa shape index (κ1) is 41.1. The average molecular weight is 729 g/mol. The molecule has 6 atom stereocenters. The summed E-state index contributed by atoms with van der Waals surface area (Å²) in [5, 5.41) is 28.8. The number of carboxylic acids is 2. The molecule has 10 nitrogen and oxygen atoms in total. The Balaban J connectivity index is 1.45. The van der Waals surface area contributed by atoms with Crippen molar-refractivity contribution in [2.24, 2.45) is 22.7 Å². The highest BCUT2D eigenvalue weighted by Crippen LogP contribution is 2.52. The van der Waals surface area contributed by atoms with Gasteiger partial charge in [0.25, 0.3) is 0 Å². The third-order valence-electron chi connectivity index (χ3n) is 14.5. The summed E-state index contributed by atoms with van der Waals surface area (Å²) in [6, 6.07) is 2.88. The molecule has 4 aliphatic heterocycles. The van der Waals surface area contributed by atoms with E-state index < -0.39 is 34.3 Å². The van der Waals surface area contributed by atoms with Crippen molar-refractivity contribution >= 4 is 11.9 Å². The third-order valence-corrected chi connectivity index (χ3v) is 14.5. The summed E-state index contributed by atoms with van der Waals surface area (Å²) in [4.78, 5) is 25.6. The van der Waals surface area contributed by atoms with Gasteiger partial charge in [0, 0.05) is 57.7 Å². The normalized spacial score (nSPS) is 43.8. The van der Waals surface area contributed by atoms with Crippen LogP contribution >= 0.6 is 0 Å². The highest BCUT2D eigenvalue weighted by Gasteiger charge is 2.60. The number of piperidine rings is 2. The Morgan fingerprint density at radius 1 is 0.615 bits per heavy atom. The zero-order valence-corrected chi connectivity index (χ0v) is 34.1. The van der Waals surface area contributed by atoms with Gasteiger partial charge in [0.05, 0.1) is 37.6 Å². The van der Waals surface area contributed by atoms with Gasteiger partial charge in [-0.25, -0.2) is 9.59 Å². The molecule has 4 saturated heterocycles. The van der Waals surface area contributed by atoms with Crippen LogP contribution in [0.3, 0.4) is 0 Å². The monoisotopic (exact) mass is 728 g/mol. The minimum atomic E-state index is -1.09. The molecule has 294 valence electrons. The average Bonchev–Trinajstić information content (AvgIpc) is 3.09. The van der Waals surface area contributed by atoms with Gasteiger partial charge >= 0.3 is 11.9 Å². The zero-order chi connectivity index (χ0) is 38.8. The van der Waals surface area contributed by atoms with Crippen molar-refractivity contribution in [1.29, 1.82) is 0 Å². The predicted octanol–water partition coefficient (Wildman–Crippen LogP) is 7.60. The molecule has 4 fully saturated rings. The molecule has 6 unspecified atom stereocenters. The molecule has 1 aromatic rings. The van der Waals surface area contributed by atoms with Crippen LogP contribution in [0.2, 0.25) is 0 Å². The van der Waals surface area contributed by atoms with Crippen LogP contribution < -0.4 is 10.6 Å². The van der Waals surface area contributed by atoms with Gasteiger partial charge in [-0.1, -0.05) is 55.4 Å². The molecule has 52 heavy (non-hydrogen) atoms. The minimum Gasteiger partial charge on any atom is -0.478 e. The van der Waals surface area contributed by atoms with Gasteiger partial charge in [-0.15, -0.1) is 0 Å². The first-order valence-corrected chi connectivity index (χ1v) is 19.8. The number of nitrogens with one attached hydrogen (secondary N) is 2. The molecule has 0 bridgehead atoms. The maximum Gasteiger partial charge on any atom is 0.335 e. The summed E-state index contributed by atoms with van der Waals surface area (Å²) in [6.45, 7) is 27.6. The molecule has 1 aromatic carbocycles. The molecule has 0 aromatic heterocycles. The number of hydrogen-bond donors (Lipinski definition) is 4. The van der Waals surface area contributed by atoms with E-state index in [1.807, 2.05) is 0 Å². The lowest BCUT2D eigenvalue weighted by molar-refractivity contribution is -0.351. The second-order valence-electron chi connectivity index (χ2n) is 18.9. The van der Waals surface area contributed by atoms with Crippen molar-refractivity contribution in [2.75, 3.05) is 26.4 Å². The molecule has 4 aliphatic rings. The lowest BCUT2D eigenvalue weighted by atomic mass is 9.67. The fraction of sp³-hybridized carbons (Fsp3) is 0.810. The Kier molecular flexibility index (Phi) is 11.0. The van der Waals surface area contributed by atoms with Crippen LogP contribution in [0.15, 0.2) is 12.1 Å². The molecule has 0 amide bonds. The van der Waals surface area contributed by atoms with Gasteiger partial charge in [0.1, 0.15) is 0 Å². The van der Waals surface area contributed by atoms with E-state index in [1.165, 1.54) is 12.1 Å². The number of rotatable bonds is 10. The van der Waals surface area contributed by atoms with E-state index in [1.54, 1.807) is 0 Å². The van der Waals surface area contributed by atoms with Gasteiger partial charge in [0.15, 0.2) is 11.6 Å². The lowest BCUT2D eigenvalue weighted by Crippen LogP contribution is -2.73. The van der Waals surface area contributed by atoms with Crippen LogP contribution in [0.4, 0.5) is 0 Å². The Hall–Kier alpha value is -2.08. The maximum absolute atomic E-state index is 12.8. The van der Waals surface area contributed by atoms with E-state index in [4.69, 9.17) is 18.9 Å². The van der Waals surface area contributed by atoms with E-state index in [-0.39, 0.29) is 58.0 Å². The van der Waals surface area contributed by atoms with E-state index in [9.17, 15) is 19.8 Å². The fourth-order valence-electron chi connectivity index (χ4n) is 9.88. The van der Waals surface area contributed by atoms with Crippen LogP contribution in [-0.2, 0) is 31.8 Å². The molecular weight excluding hydrogens is 660 g/mol.